The minimum Gasteiger partial charge on any atom is -0.668 e. The van der Waals surface area contributed by atoms with E-state index in [1.165, 1.54) is 0 Å². The number of aromatic nitrogens is 4. The summed E-state index contributed by atoms with van der Waals surface area (Å²) in [4.78, 5) is 16.7. The summed E-state index contributed by atoms with van der Waals surface area (Å²) in [5.41, 5.74) is 3.66. The van der Waals surface area contributed by atoms with Crippen LogP contribution in [0, 0.1) is 0 Å². The Kier molecular flexibility index (Phi) is 33.6. The van der Waals surface area contributed by atoms with Crippen molar-refractivity contribution in [2.45, 2.75) is 157 Å². The average Bonchev–Trinajstić information content (AvgIpc) is 3.01. The maximum Gasteiger partial charge on any atom is 2.00 e. The number of rotatable bonds is 10. The largest absolute Gasteiger partial charge is 2.00 e. The summed E-state index contributed by atoms with van der Waals surface area (Å²) in [5.74, 6) is 0. The molecule has 0 spiro atoms. The van der Waals surface area contributed by atoms with Crippen LogP contribution in [0.25, 0.3) is 41.4 Å². The first-order chi connectivity index (χ1) is 26.8. The molecule has 340 valence electrons. The fraction of sp³-hybridized carbons (Fsp3) is 0.545. The van der Waals surface area contributed by atoms with Gasteiger partial charge in [0.05, 0.1) is 22.8 Å². The molecule has 18 heteroatoms. The Morgan fingerprint density at radius 1 is 0.242 bits per heavy atom. The smallest absolute Gasteiger partial charge is 0.668 e. The molecule has 8 nitrogen and oxygen atoms in total. The molecule has 0 aliphatic carbocycles. The van der Waals surface area contributed by atoms with Gasteiger partial charge in [-0.05, 0) is 48.5 Å². The van der Waals surface area contributed by atoms with Crippen LogP contribution in [0.4, 0.5) is 0 Å². The van der Waals surface area contributed by atoms with E-state index >= 15 is 0 Å². The maximum absolute atomic E-state index is 4.82. The van der Waals surface area contributed by atoms with Crippen molar-refractivity contribution in [2.24, 2.45) is 0 Å². The molecule has 0 aliphatic heterocycles. The third-order valence-electron chi connectivity index (χ3n) is 5.87. The second kappa shape index (κ2) is 30.7. The van der Waals surface area contributed by atoms with Crippen LogP contribution < -0.4 is 0 Å². The molecule has 0 N–H and O–H groups in total. The van der Waals surface area contributed by atoms with E-state index < -0.39 is 65.9 Å². The number of hydrogen-bond acceptors (Lipinski definition) is 4. The summed E-state index contributed by atoms with van der Waals surface area (Å²) in [5, 5.41) is 0. The minimum atomic E-state index is -1.11. The predicted molar refractivity (Wildman–Crippen MR) is 295 cm³/mol. The van der Waals surface area contributed by atoms with Gasteiger partial charge in [-0.15, -0.1) is 0 Å². The molecule has 4 aromatic heterocycles. The quantitative estimate of drug-likeness (QED) is 0.147. The SMILES string of the molecule is C[Si](C)(C)[N-][Si](C)(C)C.C[Si](C)(C)[N-][Si](C)(C)C.C[Si](C)(C)[N-][Si](C)(C)C.C[Si](C)(C)[N-][Si](C)(C)C.[Zn+2].[Zn+2].c1ccc(-c2ccccn2)nc1.c1ccc(-c2ccccn2)nc1. The monoisotopic (exact) mass is 1080 g/mol. The van der Waals surface area contributed by atoms with Gasteiger partial charge in [-0.2, -0.15) is 0 Å². The molecule has 0 aromatic carbocycles. The van der Waals surface area contributed by atoms with Gasteiger partial charge >= 0.3 is 39.0 Å². The Labute approximate surface area is 417 Å². The summed E-state index contributed by atoms with van der Waals surface area (Å²) in [7, 11) is -8.85. The first-order valence-corrected chi connectivity index (χ1v) is 48.9. The predicted octanol–water partition coefficient (Wildman–Crippen LogP) is 16.4. The van der Waals surface area contributed by atoms with Crippen LogP contribution in [0.3, 0.4) is 0 Å². The standard InChI is InChI=1S/2C10H8N2.4C6H18NSi2.2Zn/c2*1-3-7-11-9(5-1)10-6-2-4-8-12-10;4*1-8(2,3)7-9(4,5)6;;/h2*1-8H;4*1-6H3;;/q;;4*-1;2*+2. The fourth-order valence-electron chi connectivity index (χ4n) is 6.08. The molecule has 0 atom stereocenters. The van der Waals surface area contributed by atoms with Crippen molar-refractivity contribution in [3.05, 3.63) is 116 Å². The molecule has 0 saturated heterocycles. The van der Waals surface area contributed by atoms with E-state index in [1.807, 2.05) is 72.8 Å². The van der Waals surface area contributed by atoms with Gasteiger partial charge in [0.25, 0.3) is 0 Å². The van der Waals surface area contributed by atoms with Gasteiger partial charge in [-0.25, -0.2) is 0 Å². The van der Waals surface area contributed by atoms with Crippen molar-refractivity contribution in [2.75, 3.05) is 0 Å². The van der Waals surface area contributed by atoms with Gasteiger partial charge in [0.1, 0.15) is 0 Å². The molecule has 0 unspecified atom stereocenters. The molecular formula is C44H88N8Si8Zn2. The van der Waals surface area contributed by atoms with Gasteiger partial charge in [-0.3, -0.25) is 19.9 Å². The van der Waals surface area contributed by atoms with Crippen molar-refractivity contribution in [1.82, 2.24) is 19.9 Å². The summed E-state index contributed by atoms with van der Waals surface area (Å²) in [6.07, 6.45) is 7.07. The van der Waals surface area contributed by atoms with E-state index in [0.29, 0.717) is 0 Å². The second-order valence-corrected chi connectivity index (χ2v) is 61.0. The number of nitrogens with zero attached hydrogens (tertiary/aromatic N) is 8. The molecule has 0 aliphatic rings. The molecule has 0 amide bonds. The Morgan fingerprint density at radius 3 is 0.435 bits per heavy atom. The molecule has 0 radical (unpaired) electrons. The fourth-order valence-corrected chi connectivity index (χ4v) is 38.3. The van der Waals surface area contributed by atoms with Crippen LogP contribution in [0.1, 0.15) is 0 Å². The van der Waals surface area contributed by atoms with Gasteiger partial charge in [0, 0.05) is 24.8 Å². The molecule has 4 rings (SSSR count). The van der Waals surface area contributed by atoms with E-state index in [2.05, 4.69) is 177 Å². The van der Waals surface area contributed by atoms with Crippen LogP contribution in [-0.2, 0) is 39.0 Å². The molecule has 0 fully saturated rings. The van der Waals surface area contributed by atoms with E-state index in [9.17, 15) is 0 Å². The second-order valence-electron chi connectivity index (χ2n) is 22.7. The minimum absolute atomic E-state index is 0. The van der Waals surface area contributed by atoms with E-state index in [1.54, 1.807) is 24.8 Å². The Balaban J connectivity index is -0.000000326. The van der Waals surface area contributed by atoms with Crippen LogP contribution in [-0.4, -0.2) is 85.8 Å². The zero-order chi connectivity index (χ0) is 47.3. The van der Waals surface area contributed by atoms with Gasteiger partial charge in [0.2, 0.25) is 0 Å². The first-order valence-electron chi connectivity index (χ1n) is 21.4. The maximum atomic E-state index is 4.82. The first kappa shape index (κ1) is 68.0. The van der Waals surface area contributed by atoms with E-state index in [4.69, 9.17) is 18.6 Å². The number of hydrogen-bond donors (Lipinski definition) is 0. The zero-order valence-corrected chi connectivity index (χ0v) is 58.2. The molecule has 0 saturated carbocycles. The van der Waals surface area contributed by atoms with E-state index in [-0.39, 0.29) is 39.0 Å². The third kappa shape index (κ3) is 50.4. The van der Waals surface area contributed by atoms with Crippen LogP contribution in [0.5, 0.6) is 0 Å². The normalized spacial score (nSPS) is 11.9. The molecule has 4 aromatic rings. The Hall–Kier alpha value is -0.578. The van der Waals surface area contributed by atoms with Crippen LogP contribution >= 0.6 is 0 Å². The van der Waals surface area contributed by atoms with Crippen LogP contribution in [0.2, 0.25) is 157 Å². The number of pyridine rings is 4. The Morgan fingerprint density at radius 2 is 0.371 bits per heavy atom. The van der Waals surface area contributed by atoms with Gasteiger partial charge < -0.3 is 18.6 Å². The summed E-state index contributed by atoms with van der Waals surface area (Å²) in [6, 6.07) is 23.2. The molecule has 4 heterocycles. The van der Waals surface area contributed by atoms with Gasteiger partial charge in [0.15, 0.2) is 0 Å². The van der Waals surface area contributed by atoms with E-state index in [0.717, 1.165) is 22.8 Å². The summed E-state index contributed by atoms with van der Waals surface area (Å²) in [6.45, 7) is 55.1. The summed E-state index contributed by atoms with van der Waals surface area (Å²) < 4.78 is 19.3. The van der Waals surface area contributed by atoms with Crippen LogP contribution in [0.15, 0.2) is 97.6 Å². The Bertz CT molecular complexity index is 1360. The van der Waals surface area contributed by atoms with Crippen molar-refractivity contribution in [3.8, 4) is 22.8 Å². The summed E-state index contributed by atoms with van der Waals surface area (Å²) >= 11 is 0. The van der Waals surface area contributed by atoms with Crippen molar-refractivity contribution in [1.29, 1.82) is 0 Å². The van der Waals surface area contributed by atoms with Gasteiger partial charge in [-0.1, -0.05) is 247 Å². The third-order valence-corrected chi connectivity index (χ3v) is 27.3. The average molecular weight is 1080 g/mol. The van der Waals surface area contributed by atoms with Crippen molar-refractivity contribution >= 4 is 65.9 Å². The van der Waals surface area contributed by atoms with Crippen molar-refractivity contribution in [3.63, 3.8) is 0 Å². The van der Waals surface area contributed by atoms with Crippen molar-refractivity contribution < 1.29 is 39.0 Å². The molecule has 62 heavy (non-hydrogen) atoms. The zero-order valence-electron chi connectivity index (χ0n) is 44.2. The molecular weight excluding hydrogens is 996 g/mol. The topological polar surface area (TPSA) is 108 Å². The molecule has 0 bridgehead atoms.